The SMILES string of the molecule is COCCN(CCCCC1=C(C)CCC2=C(C=C1)CCCN2)CC[C@H](Nc1cnc(OC)cn1)C(=O)O. The zero-order valence-corrected chi connectivity index (χ0v) is 22.6. The van der Waals surface area contributed by atoms with Crippen molar-refractivity contribution in [3.63, 3.8) is 0 Å². The number of aromatic nitrogens is 2. The van der Waals surface area contributed by atoms with Gasteiger partial charge in [-0.3, -0.25) is 0 Å². The van der Waals surface area contributed by atoms with E-state index in [0.29, 0.717) is 31.3 Å². The summed E-state index contributed by atoms with van der Waals surface area (Å²) < 4.78 is 10.3. The van der Waals surface area contributed by atoms with Gasteiger partial charge in [-0.2, -0.15) is 0 Å². The van der Waals surface area contributed by atoms with Crippen LogP contribution in [-0.4, -0.2) is 79.0 Å². The Morgan fingerprint density at radius 3 is 2.73 bits per heavy atom. The molecule has 9 nitrogen and oxygen atoms in total. The summed E-state index contributed by atoms with van der Waals surface area (Å²) in [6.07, 6.45) is 15.9. The fourth-order valence-electron chi connectivity index (χ4n) is 4.78. The number of allylic oxidation sites excluding steroid dienone is 6. The van der Waals surface area contributed by atoms with Gasteiger partial charge in [0.25, 0.3) is 0 Å². The zero-order valence-electron chi connectivity index (χ0n) is 22.6. The van der Waals surface area contributed by atoms with Crippen molar-refractivity contribution in [2.45, 2.75) is 64.3 Å². The lowest BCUT2D eigenvalue weighted by atomic mass is 9.91. The molecule has 2 aliphatic rings. The quantitative estimate of drug-likeness (QED) is 0.298. The third-order valence-corrected chi connectivity index (χ3v) is 7.11. The molecule has 0 amide bonds. The first-order valence-corrected chi connectivity index (χ1v) is 13.4. The number of anilines is 1. The monoisotopic (exact) mass is 513 g/mol. The first-order chi connectivity index (χ1) is 18.0. The number of rotatable bonds is 15. The summed E-state index contributed by atoms with van der Waals surface area (Å²) in [6, 6.07) is -0.755. The lowest BCUT2D eigenvalue weighted by Gasteiger charge is -2.25. The standard InChI is InChI=1S/C28H43N5O4/c1-21-9-12-24-23(8-6-14-29-24)11-10-22(21)7-4-5-15-33(17-18-36-2)16-13-25(28(34)35)32-26-19-31-27(37-3)20-30-26/h10-11,19-20,25,29H,4-9,12-18H2,1-3H3,(H,30,32)(H,34,35)/t25-/m0/s1. The number of carboxylic acid groups (broad SMARTS) is 1. The number of carboxylic acids is 1. The number of hydrogen-bond donors (Lipinski definition) is 3. The second kappa shape index (κ2) is 15.4. The molecule has 0 unspecified atom stereocenters. The maximum Gasteiger partial charge on any atom is 0.326 e. The number of hydrogen-bond acceptors (Lipinski definition) is 8. The average Bonchev–Trinajstić information content (AvgIpc) is 2.91. The molecule has 0 fully saturated rings. The Morgan fingerprint density at radius 2 is 2.00 bits per heavy atom. The van der Waals surface area contributed by atoms with Gasteiger partial charge in [0.2, 0.25) is 5.88 Å². The second-order valence-electron chi connectivity index (χ2n) is 9.73. The Kier molecular flexibility index (Phi) is 11.9. The van der Waals surface area contributed by atoms with Crippen molar-refractivity contribution < 1.29 is 19.4 Å². The highest BCUT2D eigenvalue weighted by Crippen LogP contribution is 2.27. The van der Waals surface area contributed by atoms with Crippen molar-refractivity contribution in [2.75, 3.05) is 52.3 Å². The molecule has 3 N–H and O–H groups in total. The van der Waals surface area contributed by atoms with E-state index in [2.05, 4.69) is 44.6 Å². The average molecular weight is 514 g/mol. The minimum atomic E-state index is -0.908. The Labute approximate surface area is 221 Å². The van der Waals surface area contributed by atoms with Crippen molar-refractivity contribution in [3.05, 3.63) is 47.0 Å². The lowest BCUT2D eigenvalue weighted by molar-refractivity contribution is -0.138. The molecule has 37 heavy (non-hydrogen) atoms. The largest absolute Gasteiger partial charge is 0.480 e. The zero-order chi connectivity index (χ0) is 26.5. The van der Waals surface area contributed by atoms with Gasteiger partial charge in [-0.15, -0.1) is 0 Å². The van der Waals surface area contributed by atoms with Crippen molar-refractivity contribution in [2.24, 2.45) is 0 Å². The van der Waals surface area contributed by atoms with Crippen LogP contribution in [0.3, 0.4) is 0 Å². The van der Waals surface area contributed by atoms with Gasteiger partial charge in [-0.25, -0.2) is 14.8 Å². The fourth-order valence-corrected chi connectivity index (χ4v) is 4.78. The minimum Gasteiger partial charge on any atom is -0.480 e. The summed E-state index contributed by atoms with van der Waals surface area (Å²) in [7, 11) is 3.21. The van der Waals surface area contributed by atoms with Gasteiger partial charge < -0.3 is 30.1 Å². The molecule has 1 aliphatic carbocycles. The molecule has 0 spiro atoms. The third kappa shape index (κ3) is 9.48. The summed E-state index contributed by atoms with van der Waals surface area (Å²) in [5.41, 5.74) is 5.87. The molecule has 9 heteroatoms. The number of nitrogens with one attached hydrogen (secondary N) is 2. The van der Waals surface area contributed by atoms with Crippen LogP contribution in [0.2, 0.25) is 0 Å². The molecule has 3 rings (SSSR count). The minimum absolute atomic E-state index is 0.386. The predicted molar refractivity (Wildman–Crippen MR) is 146 cm³/mol. The molecule has 0 saturated heterocycles. The van der Waals surface area contributed by atoms with Crippen LogP contribution in [0.4, 0.5) is 5.82 Å². The topological polar surface area (TPSA) is 109 Å². The number of unbranched alkanes of at least 4 members (excludes halogenated alkanes) is 1. The number of aliphatic carboxylic acids is 1. The van der Waals surface area contributed by atoms with Crippen LogP contribution < -0.4 is 15.4 Å². The summed E-state index contributed by atoms with van der Waals surface area (Å²) in [5, 5.41) is 16.3. The molecule has 0 radical (unpaired) electrons. The molecule has 1 aromatic rings. The molecule has 0 bridgehead atoms. The van der Waals surface area contributed by atoms with Crippen LogP contribution in [0.25, 0.3) is 0 Å². The molecule has 2 heterocycles. The molecule has 1 atom stereocenters. The first-order valence-electron chi connectivity index (χ1n) is 13.4. The van der Waals surface area contributed by atoms with E-state index in [-0.39, 0.29) is 0 Å². The van der Waals surface area contributed by atoms with Gasteiger partial charge in [-0.1, -0.05) is 17.7 Å². The summed E-state index contributed by atoms with van der Waals surface area (Å²) in [4.78, 5) is 22.4. The molecule has 1 aliphatic heterocycles. The Balaban J connectivity index is 1.48. The van der Waals surface area contributed by atoms with Gasteiger partial charge in [0.05, 0.1) is 26.1 Å². The van der Waals surface area contributed by atoms with Crippen LogP contribution in [-0.2, 0) is 9.53 Å². The van der Waals surface area contributed by atoms with Crippen LogP contribution >= 0.6 is 0 Å². The first kappa shape index (κ1) is 28.7. The van der Waals surface area contributed by atoms with E-state index in [1.165, 1.54) is 54.8 Å². The molecular weight excluding hydrogens is 470 g/mol. The van der Waals surface area contributed by atoms with Gasteiger partial charge in [0, 0.05) is 32.4 Å². The normalized spacial score (nSPS) is 16.6. The number of nitrogens with zero attached hydrogens (tertiary/aromatic N) is 3. The van der Waals surface area contributed by atoms with E-state index in [9.17, 15) is 9.90 Å². The molecule has 1 aromatic heterocycles. The Bertz CT molecular complexity index is 958. The van der Waals surface area contributed by atoms with Crippen molar-refractivity contribution in [1.82, 2.24) is 20.2 Å². The summed E-state index contributed by atoms with van der Waals surface area (Å²) in [5.74, 6) is -0.106. The highest BCUT2D eigenvalue weighted by molar-refractivity contribution is 5.76. The van der Waals surface area contributed by atoms with E-state index in [1.807, 2.05) is 0 Å². The molecular formula is C28H43N5O4. The van der Waals surface area contributed by atoms with E-state index >= 15 is 0 Å². The van der Waals surface area contributed by atoms with Crippen molar-refractivity contribution >= 4 is 11.8 Å². The Morgan fingerprint density at radius 1 is 1.14 bits per heavy atom. The Hall–Kier alpha value is -2.91. The summed E-state index contributed by atoms with van der Waals surface area (Å²) >= 11 is 0. The van der Waals surface area contributed by atoms with Gasteiger partial charge in [0.15, 0.2) is 0 Å². The molecule has 204 valence electrons. The van der Waals surface area contributed by atoms with E-state index in [4.69, 9.17) is 9.47 Å². The van der Waals surface area contributed by atoms with Crippen molar-refractivity contribution in [1.29, 1.82) is 0 Å². The lowest BCUT2D eigenvalue weighted by Crippen LogP contribution is -2.36. The van der Waals surface area contributed by atoms with Gasteiger partial charge in [-0.05, 0) is 76.0 Å². The maximum absolute atomic E-state index is 11.9. The number of ether oxygens (including phenoxy) is 2. The highest BCUT2D eigenvalue weighted by Gasteiger charge is 2.20. The maximum atomic E-state index is 11.9. The smallest absolute Gasteiger partial charge is 0.326 e. The third-order valence-electron chi connectivity index (χ3n) is 7.11. The fraction of sp³-hybridized carbons (Fsp3) is 0.607. The van der Waals surface area contributed by atoms with E-state index < -0.39 is 12.0 Å². The molecule has 0 saturated carbocycles. The number of methoxy groups -OCH3 is 2. The second-order valence-corrected chi connectivity index (χ2v) is 9.73. The number of carbonyl (C=O) groups is 1. The summed E-state index contributed by atoms with van der Waals surface area (Å²) in [6.45, 7) is 6.33. The van der Waals surface area contributed by atoms with Crippen molar-refractivity contribution in [3.8, 4) is 5.88 Å². The van der Waals surface area contributed by atoms with Crippen LogP contribution in [0.5, 0.6) is 5.88 Å². The van der Waals surface area contributed by atoms with Gasteiger partial charge >= 0.3 is 5.97 Å². The predicted octanol–water partition coefficient (Wildman–Crippen LogP) is 4.16. The highest BCUT2D eigenvalue weighted by atomic mass is 16.5. The van der Waals surface area contributed by atoms with E-state index in [1.54, 1.807) is 7.11 Å². The van der Waals surface area contributed by atoms with Crippen LogP contribution in [0.15, 0.2) is 47.0 Å². The van der Waals surface area contributed by atoms with Gasteiger partial charge in [0.1, 0.15) is 11.9 Å². The van der Waals surface area contributed by atoms with Crippen LogP contribution in [0.1, 0.15) is 58.3 Å². The van der Waals surface area contributed by atoms with E-state index in [0.717, 1.165) is 51.7 Å². The molecule has 0 aromatic carbocycles. The van der Waals surface area contributed by atoms with Crippen LogP contribution in [0, 0.1) is 0 Å².